The monoisotopic (exact) mass is 269 g/mol. The first-order valence-electron chi connectivity index (χ1n) is 5.72. The molecule has 1 fully saturated rings. The Morgan fingerprint density at radius 1 is 1.44 bits per heavy atom. The maximum atomic E-state index is 11.3. The molecular weight excluding hydrogens is 254 g/mol. The zero-order chi connectivity index (χ0) is 13.3. The number of hydrogen-bond donors (Lipinski definition) is 2. The Bertz CT molecular complexity index is 580. The van der Waals surface area contributed by atoms with Crippen LogP contribution in [0.5, 0.6) is 0 Å². The minimum absolute atomic E-state index is 0.0129. The van der Waals surface area contributed by atoms with Crippen molar-refractivity contribution in [1.29, 1.82) is 0 Å². The Balaban J connectivity index is 2.31. The molecule has 1 aromatic rings. The number of amides is 1. The highest BCUT2D eigenvalue weighted by molar-refractivity contribution is 7.85. The molecule has 0 spiro atoms. The van der Waals surface area contributed by atoms with Crippen molar-refractivity contribution in [3.8, 4) is 0 Å². The molecule has 0 bridgehead atoms. The second-order valence-corrected chi connectivity index (χ2v) is 5.98. The van der Waals surface area contributed by atoms with Gasteiger partial charge in [0.15, 0.2) is 0 Å². The van der Waals surface area contributed by atoms with Crippen molar-refractivity contribution in [3.05, 3.63) is 29.3 Å². The molecule has 0 unspecified atom stereocenters. The third-order valence-electron chi connectivity index (χ3n) is 3.05. The fourth-order valence-corrected chi connectivity index (χ4v) is 2.93. The van der Waals surface area contributed by atoms with Crippen LogP contribution in [-0.4, -0.2) is 24.9 Å². The third kappa shape index (κ3) is 2.88. The number of hydrogen-bond acceptors (Lipinski definition) is 3. The van der Waals surface area contributed by atoms with Crippen molar-refractivity contribution < 1.29 is 17.8 Å². The van der Waals surface area contributed by atoms with Gasteiger partial charge in [-0.3, -0.25) is 9.35 Å². The Morgan fingerprint density at radius 2 is 2.17 bits per heavy atom. The fourth-order valence-electron chi connectivity index (χ4n) is 2.22. The minimum atomic E-state index is -4.22. The summed E-state index contributed by atoms with van der Waals surface area (Å²) in [5.41, 5.74) is 1.46. The van der Waals surface area contributed by atoms with Crippen LogP contribution < -0.4 is 5.32 Å². The van der Waals surface area contributed by atoms with Gasteiger partial charge in [0.05, 0.1) is 4.90 Å². The summed E-state index contributed by atoms with van der Waals surface area (Å²) in [6, 6.07) is 4.71. The Kier molecular flexibility index (Phi) is 3.41. The Hall–Kier alpha value is -1.40. The topological polar surface area (TPSA) is 83.5 Å². The molecule has 18 heavy (non-hydrogen) atoms. The van der Waals surface area contributed by atoms with Crippen molar-refractivity contribution in [2.45, 2.75) is 37.1 Å². The van der Waals surface area contributed by atoms with Crippen LogP contribution >= 0.6 is 0 Å². The average molecular weight is 269 g/mol. The van der Waals surface area contributed by atoms with Crippen LogP contribution in [0.4, 0.5) is 0 Å². The molecule has 2 rings (SSSR count). The summed E-state index contributed by atoms with van der Waals surface area (Å²) in [6.07, 6.45) is 1.58. The summed E-state index contributed by atoms with van der Waals surface area (Å²) in [5, 5.41) is 2.79. The van der Waals surface area contributed by atoms with Gasteiger partial charge >= 0.3 is 0 Å². The van der Waals surface area contributed by atoms with E-state index in [-0.39, 0.29) is 16.8 Å². The number of rotatable bonds is 3. The van der Waals surface area contributed by atoms with Gasteiger partial charge in [-0.05, 0) is 31.4 Å². The molecule has 5 nitrogen and oxygen atoms in total. The molecule has 2 N–H and O–H groups in total. The lowest BCUT2D eigenvalue weighted by molar-refractivity contribution is -0.119. The van der Waals surface area contributed by atoms with Gasteiger partial charge in [0.25, 0.3) is 10.1 Å². The van der Waals surface area contributed by atoms with Gasteiger partial charge in [-0.1, -0.05) is 17.7 Å². The molecule has 0 radical (unpaired) electrons. The summed E-state index contributed by atoms with van der Waals surface area (Å²) >= 11 is 0. The van der Waals surface area contributed by atoms with Gasteiger partial charge in [0.1, 0.15) is 0 Å². The highest BCUT2D eigenvalue weighted by Gasteiger charge is 2.24. The van der Waals surface area contributed by atoms with Gasteiger partial charge in [-0.2, -0.15) is 8.42 Å². The van der Waals surface area contributed by atoms with Crippen molar-refractivity contribution in [1.82, 2.24) is 5.32 Å². The summed E-state index contributed by atoms with van der Waals surface area (Å²) in [7, 11) is -4.22. The van der Waals surface area contributed by atoms with Gasteiger partial charge in [-0.25, -0.2) is 0 Å². The first kappa shape index (κ1) is 13.0. The lowest BCUT2D eigenvalue weighted by atomic mass is 10.0. The zero-order valence-electron chi connectivity index (χ0n) is 10.0. The van der Waals surface area contributed by atoms with E-state index in [1.54, 1.807) is 12.1 Å². The molecule has 1 heterocycles. The van der Waals surface area contributed by atoms with E-state index >= 15 is 0 Å². The smallest absolute Gasteiger partial charge is 0.294 e. The minimum Gasteiger partial charge on any atom is -0.353 e. The van der Waals surface area contributed by atoms with Crippen molar-refractivity contribution in [2.75, 3.05) is 0 Å². The Labute approximate surface area is 106 Å². The molecule has 1 aliphatic heterocycles. The summed E-state index contributed by atoms with van der Waals surface area (Å²) in [6.45, 7) is 1.85. The lowest BCUT2D eigenvalue weighted by Gasteiger charge is -2.13. The largest absolute Gasteiger partial charge is 0.353 e. The number of nitrogens with one attached hydrogen (secondary N) is 1. The molecule has 1 aliphatic rings. The molecule has 98 valence electrons. The van der Waals surface area contributed by atoms with Crippen LogP contribution in [-0.2, 0) is 21.3 Å². The van der Waals surface area contributed by atoms with Gasteiger partial charge in [0, 0.05) is 12.5 Å². The van der Waals surface area contributed by atoms with E-state index in [0.717, 1.165) is 5.56 Å². The highest BCUT2D eigenvalue weighted by atomic mass is 32.2. The second-order valence-electron chi connectivity index (χ2n) is 4.59. The molecular formula is C12H15NO4S. The van der Waals surface area contributed by atoms with Crippen molar-refractivity contribution in [2.24, 2.45) is 0 Å². The van der Waals surface area contributed by atoms with Crippen LogP contribution in [0.2, 0.25) is 0 Å². The van der Waals surface area contributed by atoms with E-state index in [4.69, 9.17) is 0 Å². The van der Waals surface area contributed by atoms with E-state index in [2.05, 4.69) is 5.32 Å². The fraction of sp³-hybridized carbons (Fsp3) is 0.417. The molecule has 0 aliphatic carbocycles. The Morgan fingerprint density at radius 3 is 2.72 bits per heavy atom. The quantitative estimate of drug-likeness (QED) is 0.804. The number of aryl methyl sites for hydroxylation is 1. The lowest BCUT2D eigenvalue weighted by Crippen LogP contribution is -2.27. The van der Waals surface area contributed by atoms with Crippen LogP contribution in [0.1, 0.15) is 24.0 Å². The first-order valence-corrected chi connectivity index (χ1v) is 7.16. The first-order chi connectivity index (χ1) is 8.36. The van der Waals surface area contributed by atoms with Crippen molar-refractivity contribution >= 4 is 16.0 Å². The van der Waals surface area contributed by atoms with Crippen LogP contribution in [0, 0.1) is 6.92 Å². The maximum Gasteiger partial charge on any atom is 0.294 e. The predicted octanol–water partition coefficient (Wildman–Crippen LogP) is 1.06. The normalized spacial score (nSPS) is 19.9. The molecule has 1 saturated heterocycles. The predicted molar refractivity (Wildman–Crippen MR) is 65.9 cm³/mol. The van der Waals surface area contributed by atoms with Gasteiger partial charge < -0.3 is 5.32 Å². The second kappa shape index (κ2) is 4.70. The van der Waals surface area contributed by atoms with Crippen LogP contribution in [0.15, 0.2) is 23.1 Å². The van der Waals surface area contributed by atoms with Crippen molar-refractivity contribution in [3.63, 3.8) is 0 Å². The summed E-state index contributed by atoms with van der Waals surface area (Å²) < 4.78 is 31.7. The molecule has 0 saturated carbocycles. The maximum absolute atomic E-state index is 11.3. The van der Waals surface area contributed by atoms with E-state index in [1.165, 1.54) is 6.07 Å². The molecule has 6 heteroatoms. The van der Waals surface area contributed by atoms with Crippen LogP contribution in [0.25, 0.3) is 0 Å². The van der Waals surface area contributed by atoms with Gasteiger partial charge in [-0.15, -0.1) is 0 Å². The number of carbonyl (C=O) groups is 1. The van der Waals surface area contributed by atoms with E-state index in [1.807, 2.05) is 6.92 Å². The third-order valence-corrected chi connectivity index (χ3v) is 4.00. The molecule has 1 aromatic carbocycles. The summed E-state index contributed by atoms with van der Waals surface area (Å²) in [4.78, 5) is 11.0. The number of carbonyl (C=O) groups excluding carboxylic acids is 1. The standard InChI is InChI=1S/C12H15NO4S/c1-8-2-4-11(18(15,16)17)9(6-8)7-10-3-5-12(14)13-10/h2,4,6,10H,3,5,7H2,1H3,(H,13,14)(H,15,16,17)/t10-/m1/s1. The van der Waals surface area contributed by atoms with E-state index < -0.39 is 10.1 Å². The molecule has 0 aromatic heterocycles. The van der Waals surface area contributed by atoms with E-state index in [9.17, 15) is 17.8 Å². The van der Waals surface area contributed by atoms with E-state index in [0.29, 0.717) is 24.8 Å². The SMILES string of the molecule is Cc1ccc(S(=O)(=O)O)c(C[C@H]2CCC(=O)N2)c1. The highest BCUT2D eigenvalue weighted by Crippen LogP contribution is 2.21. The van der Waals surface area contributed by atoms with Crippen LogP contribution in [0.3, 0.4) is 0 Å². The average Bonchev–Trinajstić information content (AvgIpc) is 2.62. The summed E-state index contributed by atoms with van der Waals surface area (Å²) in [5.74, 6) is -0.0129. The number of benzene rings is 1. The zero-order valence-corrected chi connectivity index (χ0v) is 10.8. The molecule has 1 atom stereocenters. The van der Waals surface area contributed by atoms with Gasteiger partial charge in [0.2, 0.25) is 5.91 Å². The molecule has 1 amide bonds.